The van der Waals surface area contributed by atoms with Gasteiger partial charge in [0.15, 0.2) is 0 Å². The Kier molecular flexibility index (Phi) is 5.04. The second-order valence-corrected chi connectivity index (χ2v) is 5.11. The fourth-order valence-electron chi connectivity index (χ4n) is 2.04. The van der Waals surface area contributed by atoms with Gasteiger partial charge in [0, 0.05) is 12.7 Å². The van der Waals surface area contributed by atoms with Gasteiger partial charge >= 0.3 is 0 Å². The number of aryl methyl sites for hydroxylation is 1. The van der Waals surface area contributed by atoms with Gasteiger partial charge in [0.1, 0.15) is 0 Å². The SMILES string of the molecule is CCCNC(c1ccnnc1)c1c(Br)cnn1CC. The molecule has 1 N–H and O–H groups in total. The summed E-state index contributed by atoms with van der Waals surface area (Å²) < 4.78 is 3.01. The molecule has 0 radical (unpaired) electrons. The zero-order chi connectivity index (χ0) is 13.7. The standard InChI is InChI=1S/C13H18BrN5/c1-3-6-15-12(10-5-7-16-17-8-10)13-11(14)9-18-19(13)4-2/h5,7-9,12,15H,3-4,6H2,1-2H3. The molecule has 1 atom stereocenters. The summed E-state index contributed by atoms with van der Waals surface area (Å²) in [5, 5.41) is 15.7. The van der Waals surface area contributed by atoms with Crippen LogP contribution in [0, 0.1) is 0 Å². The summed E-state index contributed by atoms with van der Waals surface area (Å²) >= 11 is 3.59. The maximum absolute atomic E-state index is 4.38. The van der Waals surface area contributed by atoms with Crippen molar-refractivity contribution in [2.24, 2.45) is 0 Å². The molecule has 5 nitrogen and oxygen atoms in total. The Labute approximate surface area is 121 Å². The van der Waals surface area contributed by atoms with Crippen LogP contribution in [-0.2, 0) is 6.54 Å². The number of aromatic nitrogens is 4. The Hall–Kier alpha value is -1.27. The Morgan fingerprint density at radius 2 is 2.16 bits per heavy atom. The summed E-state index contributed by atoms with van der Waals surface area (Å²) in [6, 6.07) is 2.06. The van der Waals surface area contributed by atoms with Crippen molar-refractivity contribution in [3.63, 3.8) is 0 Å². The summed E-state index contributed by atoms with van der Waals surface area (Å²) in [6.45, 7) is 6.02. The van der Waals surface area contributed by atoms with Gasteiger partial charge in [0.25, 0.3) is 0 Å². The van der Waals surface area contributed by atoms with Gasteiger partial charge < -0.3 is 5.32 Å². The van der Waals surface area contributed by atoms with E-state index in [0.29, 0.717) is 0 Å². The number of hydrogen-bond donors (Lipinski definition) is 1. The molecule has 0 aromatic carbocycles. The number of nitrogens with one attached hydrogen (secondary N) is 1. The van der Waals surface area contributed by atoms with Gasteiger partial charge in [0.2, 0.25) is 0 Å². The molecule has 102 valence electrons. The molecule has 0 spiro atoms. The van der Waals surface area contributed by atoms with Crippen LogP contribution in [0.5, 0.6) is 0 Å². The molecule has 0 aliphatic rings. The minimum Gasteiger partial charge on any atom is -0.305 e. The van der Waals surface area contributed by atoms with Crippen molar-refractivity contribution in [3.8, 4) is 0 Å². The molecular weight excluding hydrogens is 306 g/mol. The van der Waals surface area contributed by atoms with Crippen molar-refractivity contribution >= 4 is 15.9 Å². The van der Waals surface area contributed by atoms with E-state index in [9.17, 15) is 0 Å². The molecule has 6 heteroatoms. The fourth-order valence-corrected chi connectivity index (χ4v) is 2.57. The molecule has 2 heterocycles. The highest BCUT2D eigenvalue weighted by molar-refractivity contribution is 9.10. The van der Waals surface area contributed by atoms with E-state index in [1.165, 1.54) is 0 Å². The minimum absolute atomic E-state index is 0.0762. The van der Waals surface area contributed by atoms with E-state index in [2.05, 4.69) is 50.4 Å². The highest BCUT2D eigenvalue weighted by Crippen LogP contribution is 2.28. The first-order chi connectivity index (χ1) is 9.27. The van der Waals surface area contributed by atoms with Crippen LogP contribution in [0.1, 0.15) is 37.6 Å². The third-order valence-corrected chi connectivity index (χ3v) is 3.56. The molecular formula is C13H18BrN5. The van der Waals surface area contributed by atoms with Crippen LogP contribution in [0.25, 0.3) is 0 Å². The molecule has 0 aliphatic heterocycles. The molecule has 0 fully saturated rings. The van der Waals surface area contributed by atoms with E-state index < -0.39 is 0 Å². The average Bonchev–Trinajstić information content (AvgIpc) is 2.82. The number of nitrogens with zero attached hydrogens (tertiary/aromatic N) is 4. The van der Waals surface area contributed by atoms with Crippen molar-refractivity contribution < 1.29 is 0 Å². The van der Waals surface area contributed by atoms with Gasteiger partial charge in [-0.15, -0.1) is 0 Å². The predicted octanol–water partition coefficient (Wildman–Crippen LogP) is 2.54. The summed E-state index contributed by atoms with van der Waals surface area (Å²) in [4.78, 5) is 0. The monoisotopic (exact) mass is 323 g/mol. The van der Waals surface area contributed by atoms with E-state index in [1.54, 1.807) is 12.4 Å². The summed E-state index contributed by atoms with van der Waals surface area (Å²) in [5.41, 5.74) is 2.23. The molecule has 0 saturated carbocycles. The van der Waals surface area contributed by atoms with Crippen LogP contribution in [0.15, 0.2) is 29.1 Å². The van der Waals surface area contributed by atoms with E-state index >= 15 is 0 Å². The maximum atomic E-state index is 4.38. The van der Waals surface area contributed by atoms with Crippen LogP contribution in [0.2, 0.25) is 0 Å². The lowest BCUT2D eigenvalue weighted by Gasteiger charge is -2.20. The van der Waals surface area contributed by atoms with Crippen molar-refractivity contribution in [1.29, 1.82) is 0 Å². The summed E-state index contributed by atoms with van der Waals surface area (Å²) in [5.74, 6) is 0. The Morgan fingerprint density at radius 1 is 1.32 bits per heavy atom. The highest BCUT2D eigenvalue weighted by atomic mass is 79.9. The molecule has 0 amide bonds. The summed E-state index contributed by atoms with van der Waals surface area (Å²) in [7, 11) is 0. The van der Waals surface area contributed by atoms with Crippen molar-refractivity contribution in [2.75, 3.05) is 6.54 Å². The first-order valence-corrected chi connectivity index (χ1v) is 7.28. The Balaban J connectivity index is 2.40. The van der Waals surface area contributed by atoms with Crippen LogP contribution < -0.4 is 5.32 Å². The second-order valence-electron chi connectivity index (χ2n) is 4.26. The lowest BCUT2D eigenvalue weighted by Crippen LogP contribution is -2.26. The lowest BCUT2D eigenvalue weighted by molar-refractivity contribution is 0.526. The largest absolute Gasteiger partial charge is 0.305 e. The maximum Gasteiger partial charge on any atom is 0.0776 e. The van der Waals surface area contributed by atoms with Gasteiger partial charge in [-0.3, -0.25) is 4.68 Å². The molecule has 0 saturated heterocycles. The molecule has 2 aromatic rings. The molecule has 1 unspecified atom stereocenters. The molecule has 19 heavy (non-hydrogen) atoms. The number of halogens is 1. The highest BCUT2D eigenvalue weighted by Gasteiger charge is 2.21. The van der Waals surface area contributed by atoms with Gasteiger partial charge in [-0.1, -0.05) is 6.92 Å². The normalized spacial score (nSPS) is 12.6. The third-order valence-electron chi connectivity index (χ3n) is 2.95. The molecule has 0 bridgehead atoms. The Bertz CT molecular complexity index is 511. The van der Waals surface area contributed by atoms with E-state index in [-0.39, 0.29) is 6.04 Å². The van der Waals surface area contributed by atoms with E-state index in [0.717, 1.165) is 35.2 Å². The quantitative estimate of drug-likeness (QED) is 0.887. The molecule has 0 aliphatic carbocycles. The zero-order valence-corrected chi connectivity index (χ0v) is 12.8. The van der Waals surface area contributed by atoms with Crippen molar-refractivity contribution in [1.82, 2.24) is 25.3 Å². The van der Waals surface area contributed by atoms with Crippen LogP contribution in [0.4, 0.5) is 0 Å². The van der Waals surface area contributed by atoms with Crippen molar-refractivity contribution in [2.45, 2.75) is 32.9 Å². The zero-order valence-electron chi connectivity index (χ0n) is 11.2. The minimum atomic E-state index is 0.0762. The fraction of sp³-hybridized carbons (Fsp3) is 0.462. The Morgan fingerprint density at radius 3 is 2.79 bits per heavy atom. The third kappa shape index (κ3) is 3.19. The van der Waals surface area contributed by atoms with E-state index in [1.807, 2.05) is 16.9 Å². The van der Waals surface area contributed by atoms with Crippen LogP contribution >= 0.6 is 15.9 Å². The van der Waals surface area contributed by atoms with Gasteiger partial charge in [-0.05, 0) is 47.4 Å². The summed E-state index contributed by atoms with van der Waals surface area (Å²) in [6.07, 6.45) is 6.43. The number of rotatable bonds is 6. The predicted molar refractivity (Wildman–Crippen MR) is 77.8 cm³/mol. The number of hydrogen-bond acceptors (Lipinski definition) is 4. The smallest absolute Gasteiger partial charge is 0.0776 e. The molecule has 2 rings (SSSR count). The first-order valence-electron chi connectivity index (χ1n) is 6.49. The first kappa shape index (κ1) is 14.1. The average molecular weight is 324 g/mol. The lowest BCUT2D eigenvalue weighted by atomic mass is 10.1. The van der Waals surface area contributed by atoms with E-state index in [4.69, 9.17) is 0 Å². The van der Waals surface area contributed by atoms with Gasteiger partial charge in [-0.2, -0.15) is 15.3 Å². The van der Waals surface area contributed by atoms with Crippen LogP contribution in [-0.4, -0.2) is 26.5 Å². The van der Waals surface area contributed by atoms with Gasteiger partial charge in [-0.25, -0.2) is 0 Å². The van der Waals surface area contributed by atoms with Crippen molar-refractivity contribution in [3.05, 3.63) is 40.4 Å². The second kappa shape index (κ2) is 6.77. The topological polar surface area (TPSA) is 55.6 Å². The van der Waals surface area contributed by atoms with Crippen LogP contribution in [0.3, 0.4) is 0 Å². The molecule has 2 aromatic heterocycles. The van der Waals surface area contributed by atoms with Gasteiger partial charge in [0.05, 0.1) is 28.6 Å².